The van der Waals surface area contributed by atoms with Crippen molar-refractivity contribution >= 4 is 29.1 Å². The molecule has 1 fully saturated rings. The molecule has 3 heterocycles. The minimum Gasteiger partial charge on any atom is -0.482 e. The van der Waals surface area contributed by atoms with Gasteiger partial charge in [0.2, 0.25) is 4.80 Å². The number of aromatic nitrogens is 2. The Balaban J connectivity index is 1.57. The van der Waals surface area contributed by atoms with Crippen molar-refractivity contribution in [3.05, 3.63) is 52.4 Å². The number of fused-ring (bicyclic) bond motifs is 1. The van der Waals surface area contributed by atoms with Crippen LogP contribution in [0.25, 0.3) is 11.3 Å². The number of rotatable bonds is 4. The summed E-state index contributed by atoms with van der Waals surface area (Å²) in [5.41, 5.74) is 3.49. The fraction of sp³-hybridized carbons (Fsp3) is 0.318. The molecule has 2 N–H and O–H groups in total. The van der Waals surface area contributed by atoms with E-state index in [4.69, 9.17) is 14.8 Å². The Morgan fingerprint density at radius 1 is 1.20 bits per heavy atom. The van der Waals surface area contributed by atoms with Crippen LogP contribution in [0.2, 0.25) is 0 Å². The van der Waals surface area contributed by atoms with E-state index >= 15 is 0 Å². The Morgan fingerprint density at radius 3 is 2.93 bits per heavy atom. The molecule has 154 valence electrons. The first-order valence-corrected chi connectivity index (χ1v) is 11.1. The van der Waals surface area contributed by atoms with Crippen LogP contribution in [0.3, 0.4) is 0 Å². The minimum absolute atomic E-state index is 0.0512. The molecule has 1 saturated carbocycles. The number of hydrogen-bond donors (Lipinski definition) is 2. The Hall–Kier alpha value is -3.13. The fourth-order valence-corrected chi connectivity index (χ4v) is 4.76. The van der Waals surface area contributed by atoms with Crippen molar-refractivity contribution in [1.29, 1.82) is 0 Å². The SMILES string of the molecule is O=C1COc2ccc(-c3csc(=NC4CCCCC4)n3N=Cc3ccc[nH]3)cc2N1. The summed E-state index contributed by atoms with van der Waals surface area (Å²) >= 11 is 1.59. The molecule has 0 bridgehead atoms. The van der Waals surface area contributed by atoms with Crippen molar-refractivity contribution in [3.8, 4) is 17.0 Å². The van der Waals surface area contributed by atoms with Gasteiger partial charge in [0.05, 0.1) is 29.3 Å². The summed E-state index contributed by atoms with van der Waals surface area (Å²) in [6, 6.07) is 10.1. The van der Waals surface area contributed by atoms with Crippen LogP contribution >= 0.6 is 11.3 Å². The number of aromatic amines is 1. The number of carbonyl (C=O) groups is 1. The van der Waals surface area contributed by atoms with Gasteiger partial charge in [0.15, 0.2) is 6.61 Å². The highest BCUT2D eigenvalue weighted by Crippen LogP contribution is 2.33. The number of amides is 1. The van der Waals surface area contributed by atoms with Gasteiger partial charge in [-0.05, 0) is 43.2 Å². The van der Waals surface area contributed by atoms with Crippen LogP contribution in [0.4, 0.5) is 5.69 Å². The molecule has 7 nitrogen and oxygen atoms in total. The summed E-state index contributed by atoms with van der Waals surface area (Å²) < 4.78 is 7.39. The van der Waals surface area contributed by atoms with E-state index < -0.39 is 0 Å². The molecule has 30 heavy (non-hydrogen) atoms. The van der Waals surface area contributed by atoms with E-state index in [1.165, 1.54) is 19.3 Å². The summed E-state index contributed by atoms with van der Waals surface area (Å²) in [6.45, 7) is 0.0512. The quantitative estimate of drug-likeness (QED) is 0.624. The van der Waals surface area contributed by atoms with Crippen LogP contribution in [-0.2, 0) is 4.79 Å². The second kappa shape index (κ2) is 8.31. The first-order chi connectivity index (χ1) is 14.8. The van der Waals surface area contributed by atoms with Crippen molar-refractivity contribution in [2.24, 2.45) is 10.1 Å². The molecule has 1 aliphatic heterocycles. The van der Waals surface area contributed by atoms with Gasteiger partial charge in [0, 0.05) is 17.1 Å². The molecular weight excluding hydrogens is 398 g/mol. The lowest BCUT2D eigenvalue weighted by Crippen LogP contribution is -2.25. The van der Waals surface area contributed by atoms with Crippen LogP contribution in [-0.4, -0.2) is 34.4 Å². The summed E-state index contributed by atoms with van der Waals surface area (Å²) in [4.78, 5) is 20.8. The maximum Gasteiger partial charge on any atom is 0.262 e. The normalized spacial score (nSPS) is 17.7. The molecule has 0 unspecified atom stereocenters. The highest BCUT2D eigenvalue weighted by Gasteiger charge is 2.18. The van der Waals surface area contributed by atoms with E-state index in [1.807, 2.05) is 41.2 Å². The Bertz CT molecular complexity index is 1140. The predicted molar refractivity (Wildman–Crippen MR) is 118 cm³/mol. The van der Waals surface area contributed by atoms with Crippen molar-refractivity contribution in [2.75, 3.05) is 11.9 Å². The topological polar surface area (TPSA) is 83.8 Å². The highest BCUT2D eigenvalue weighted by molar-refractivity contribution is 7.07. The maximum absolute atomic E-state index is 11.7. The number of nitrogens with one attached hydrogen (secondary N) is 2. The average molecular weight is 422 g/mol. The number of anilines is 1. The lowest BCUT2D eigenvalue weighted by molar-refractivity contribution is -0.118. The lowest BCUT2D eigenvalue weighted by Gasteiger charge is -2.18. The Morgan fingerprint density at radius 2 is 2.10 bits per heavy atom. The second-order valence-corrected chi connectivity index (χ2v) is 8.39. The third kappa shape index (κ3) is 3.95. The summed E-state index contributed by atoms with van der Waals surface area (Å²) in [7, 11) is 0. The van der Waals surface area contributed by atoms with Gasteiger partial charge in [-0.25, -0.2) is 4.68 Å². The van der Waals surface area contributed by atoms with E-state index in [0.29, 0.717) is 17.5 Å². The molecule has 1 aliphatic carbocycles. The molecule has 2 aliphatic rings. The minimum atomic E-state index is -0.143. The molecule has 3 aromatic rings. The van der Waals surface area contributed by atoms with Crippen molar-refractivity contribution in [3.63, 3.8) is 0 Å². The third-order valence-corrected chi connectivity index (χ3v) is 6.23. The highest BCUT2D eigenvalue weighted by atomic mass is 32.1. The summed E-state index contributed by atoms with van der Waals surface area (Å²) in [5.74, 6) is 0.540. The van der Waals surface area contributed by atoms with E-state index in [9.17, 15) is 4.79 Å². The van der Waals surface area contributed by atoms with Crippen LogP contribution in [0, 0.1) is 0 Å². The molecule has 5 rings (SSSR count). The smallest absolute Gasteiger partial charge is 0.262 e. The lowest BCUT2D eigenvalue weighted by atomic mass is 9.96. The zero-order chi connectivity index (χ0) is 20.3. The fourth-order valence-electron chi connectivity index (χ4n) is 3.85. The van der Waals surface area contributed by atoms with Crippen LogP contribution in [0.5, 0.6) is 5.75 Å². The Labute approximate surface area is 178 Å². The van der Waals surface area contributed by atoms with Gasteiger partial charge < -0.3 is 15.0 Å². The van der Waals surface area contributed by atoms with E-state index in [1.54, 1.807) is 17.6 Å². The van der Waals surface area contributed by atoms with Gasteiger partial charge in [-0.1, -0.05) is 19.3 Å². The number of thiazole rings is 1. The number of hydrogen-bond acceptors (Lipinski definition) is 5. The molecule has 0 atom stereocenters. The summed E-state index contributed by atoms with van der Waals surface area (Å²) in [5, 5.41) is 9.69. The van der Waals surface area contributed by atoms with E-state index in [2.05, 4.69) is 15.7 Å². The van der Waals surface area contributed by atoms with Gasteiger partial charge >= 0.3 is 0 Å². The zero-order valence-corrected chi connectivity index (χ0v) is 17.3. The molecule has 1 aromatic carbocycles. The van der Waals surface area contributed by atoms with Crippen LogP contribution in [0.15, 0.2) is 52.0 Å². The molecule has 1 amide bonds. The molecule has 0 saturated heterocycles. The van der Waals surface area contributed by atoms with Crippen molar-refractivity contribution in [1.82, 2.24) is 9.66 Å². The second-order valence-electron chi connectivity index (χ2n) is 7.55. The molecule has 0 radical (unpaired) electrons. The molecule has 8 heteroatoms. The van der Waals surface area contributed by atoms with Gasteiger partial charge in [-0.15, -0.1) is 11.3 Å². The van der Waals surface area contributed by atoms with Crippen molar-refractivity contribution < 1.29 is 9.53 Å². The molecule has 0 spiro atoms. The monoisotopic (exact) mass is 421 g/mol. The first kappa shape index (κ1) is 18.9. The summed E-state index contributed by atoms with van der Waals surface area (Å²) in [6.07, 6.45) is 9.73. The van der Waals surface area contributed by atoms with Gasteiger partial charge in [-0.3, -0.25) is 9.79 Å². The van der Waals surface area contributed by atoms with Gasteiger partial charge in [0.1, 0.15) is 5.75 Å². The number of nitrogens with zero attached hydrogens (tertiary/aromatic N) is 3. The molecule has 2 aromatic heterocycles. The predicted octanol–water partition coefficient (Wildman–Crippen LogP) is 3.99. The van der Waals surface area contributed by atoms with Crippen LogP contribution in [0.1, 0.15) is 37.8 Å². The standard InChI is InChI=1S/C22H23N5O2S/c28-21-13-29-20-9-8-15(11-18(20)26-21)19-14-30-22(25-16-5-2-1-3-6-16)27(19)24-12-17-7-4-10-23-17/h4,7-12,14,16,23H,1-3,5-6,13H2,(H,26,28). The molecular formula is C22H23N5O2S. The van der Waals surface area contributed by atoms with E-state index in [-0.39, 0.29) is 12.5 Å². The van der Waals surface area contributed by atoms with E-state index in [0.717, 1.165) is 34.6 Å². The average Bonchev–Trinajstić information content (AvgIpc) is 3.42. The number of H-pyrrole nitrogens is 1. The van der Waals surface area contributed by atoms with Crippen molar-refractivity contribution in [2.45, 2.75) is 38.1 Å². The van der Waals surface area contributed by atoms with Gasteiger partial charge in [-0.2, -0.15) is 5.10 Å². The van der Waals surface area contributed by atoms with Crippen LogP contribution < -0.4 is 14.9 Å². The number of benzene rings is 1. The maximum atomic E-state index is 11.7. The Kier molecular flexibility index (Phi) is 5.23. The third-order valence-electron chi connectivity index (χ3n) is 5.40. The number of ether oxygens (including phenoxy) is 1. The zero-order valence-electron chi connectivity index (χ0n) is 16.5. The van der Waals surface area contributed by atoms with Gasteiger partial charge in [0.25, 0.3) is 5.91 Å². The largest absolute Gasteiger partial charge is 0.482 e. The first-order valence-electron chi connectivity index (χ1n) is 10.3. The number of carbonyl (C=O) groups excluding carboxylic acids is 1.